The van der Waals surface area contributed by atoms with E-state index in [9.17, 15) is 0 Å². The van der Waals surface area contributed by atoms with Gasteiger partial charge in [-0.1, -0.05) is 11.6 Å². The fourth-order valence-electron chi connectivity index (χ4n) is 1.70. The third-order valence-corrected chi connectivity index (χ3v) is 3.90. The molecule has 1 unspecified atom stereocenters. The number of hydrogen-bond donors (Lipinski definition) is 1. The number of nitrogens with one attached hydrogen (secondary N) is 1. The van der Waals surface area contributed by atoms with Gasteiger partial charge in [-0.25, -0.2) is 9.97 Å². The van der Waals surface area contributed by atoms with E-state index in [-0.39, 0.29) is 6.04 Å². The van der Waals surface area contributed by atoms with E-state index in [0.29, 0.717) is 5.02 Å². The zero-order chi connectivity index (χ0) is 12.4. The predicted octanol–water partition coefficient (Wildman–Crippen LogP) is 3.98. The number of thiazole rings is 1. The summed E-state index contributed by atoms with van der Waals surface area (Å²) in [5, 5.41) is 5.08. The molecule has 0 bridgehead atoms. The van der Waals surface area contributed by atoms with Crippen molar-refractivity contribution in [2.24, 2.45) is 0 Å². The highest BCUT2D eigenvalue weighted by Crippen LogP contribution is 2.27. The standard InChI is InChI=1S/C12H14ClN3S/c1-7-12(17-9(3)15-7)8(2)16-11-5-4-10(13)6-14-11/h4-6,8H,1-3H3,(H,14,16). The highest BCUT2D eigenvalue weighted by Gasteiger charge is 2.12. The number of aromatic nitrogens is 2. The van der Waals surface area contributed by atoms with E-state index in [4.69, 9.17) is 11.6 Å². The third kappa shape index (κ3) is 2.96. The van der Waals surface area contributed by atoms with Crippen LogP contribution in [0.15, 0.2) is 18.3 Å². The van der Waals surface area contributed by atoms with E-state index in [1.165, 1.54) is 4.88 Å². The number of pyridine rings is 1. The molecule has 0 aliphatic rings. The summed E-state index contributed by atoms with van der Waals surface area (Å²) >= 11 is 7.51. The molecule has 0 spiro atoms. The molecule has 1 atom stereocenters. The van der Waals surface area contributed by atoms with Crippen LogP contribution < -0.4 is 5.32 Å². The molecule has 90 valence electrons. The van der Waals surface area contributed by atoms with E-state index in [1.807, 2.05) is 26.0 Å². The van der Waals surface area contributed by atoms with Crippen molar-refractivity contribution in [1.29, 1.82) is 0 Å². The molecule has 1 N–H and O–H groups in total. The van der Waals surface area contributed by atoms with Crippen LogP contribution in [0.4, 0.5) is 5.82 Å². The van der Waals surface area contributed by atoms with Gasteiger partial charge in [0.2, 0.25) is 0 Å². The van der Waals surface area contributed by atoms with Crippen molar-refractivity contribution in [2.75, 3.05) is 5.32 Å². The summed E-state index contributed by atoms with van der Waals surface area (Å²) in [7, 11) is 0. The average molecular weight is 268 g/mol. The second-order valence-electron chi connectivity index (χ2n) is 3.91. The average Bonchev–Trinajstić information content (AvgIpc) is 2.61. The van der Waals surface area contributed by atoms with Gasteiger partial charge in [0, 0.05) is 11.1 Å². The fourth-order valence-corrected chi connectivity index (χ4v) is 2.74. The van der Waals surface area contributed by atoms with Gasteiger partial charge in [0.05, 0.1) is 21.8 Å². The van der Waals surface area contributed by atoms with Gasteiger partial charge in [-0.05, 0) is 32.9 Å². The number of halogens is 1. The van der Waals surface area contributed by atoms with Crippen LogP contribution in [-0.2, 0) is 0 Å². The second kappa shape index (κ2) is 5.02. The predicted molar refractivity (Wildman–Crippen MR) is 72.9 cm³/mol. The van der Waals surface area contributed by atoms with E-state index >= 15 is 0 Å². The van der Waals surface area contributed by atoms with Crippen molar-refractivity contribution in [1.82, 2.24) is 9.97 Å². The van der Waals surface area contributed by atoms with Crippen molar-refractivity contribution in [3.8, 4) is 0 Å². The SMILES string of the molecule is Cc1nc(C)c(C(C)Nc2ccc(Cl)cn2)s1. The summed E-state index contributed by atoms with van der Waals surface area (Å²) in [6, 6.07) is 3.91. The molecule has 0 radical (unpaired) electrons. The van der Waals surface area contributed by atoms with Gasteiger partial charge in [0.15, 0.2) is 0 Å². The molecule has 0 saturated heterocycles. The second-order valence-corrected chi connectivity index (χ2v) is 5.58. The van der Waals surface area contributed by atoms with Crippen LogP contribution in [0.2, 0.25) is 5.02 Å². The first-order valence-electron chi connectivity index (χ1n) is 5.38. The lowest BCUT2D eigenvalue weighted by Gasteiger charge is -2.13. The molecule has 0 fully saturated rings. The molecule has 0 aliphatic heterocycles. The minimum absolute atomic E-state index is 0.204. The molecule has 0 aliphatic carbocycles. The summed E-state index contributed by atoms with van der Waals surface area (Å²) in [4.78, 5) is 9.90. The maximum atomic E-state index is 5.80. The molecule has 5 heteroatoms. The summed E-state index contributed by atoms with van der Waals surface area (Å²) in [6.07, 6.45) is 1.64. The summed E-state index contributed by atoms with van der Waals surface area (Å²) < 4.78 is 0. The van der Waals surface area contributed by atoms with Crippen molar-refractivity contribution in [2.45, 2.75) is 26.8 Å². The molecule has 2 aromatic rings. The topological polar surface area (TPSA) is 37.8 Å². The van der Waals surface area contributed by atoms with E-state index in [2.05, 4.69) is 22.2 Å². The Kier molecular flexibility index (Phi) is 3.64. The van der Waals surface area contributed by atoms with E-state index in [0.717, 1.165) is 16.5 Å². The van der Waals surface area contributed by atoms with Crippen molar-refractivity contribution < 1.29 is 0 Å². The summed E-state index contributed by atoms with van der Waals surface area (Å²) in [5.74, 6) is 0.826. The molecule has 2 rings (SSSR count). The molecule has 3 nitrogen and oxygen atoms in total. The van der Waals surface area contributed by atoms with Gasteiger partial charge < -0.3 is 5.32 Å². The smallest absolute Gasteiger partial charge is 0.126 e. The number of hydrogen-bond acceptors (Lipinski definition) is 4. The lowest BCUT2D eigenvalue weighted by atomic mass is 10.2. The Labute approximate surface area is 110 Å². The van der Waals surface area contributed by atoms with Crippen LogP contribution >= 0.6 is 22.9 Å². The molecule has 0 aromatic carbocycles. The zero-order valence-electron chi connectivity index (χ0n) is 9.99. The Morgan fingerprint density at radius 1 is 1.35 bits per heavy atom. The van der Waals surface area contributed by atoms with Crippen LogP contribution in [0.1, 0.15) is 28.5 Å². The largest absolute Gasteiger partial charge is 0.363 e. The van der Waals surface area contributed by atoms with E-state index < -0.39 is 0 Å². The van der Waals surface area contributed by atoms with Crippen LogP contribution in [0.3, 0.4) is 0 Å². The monoisotopic (exact) mass is 267 g/mol. The highest BCUT2D eigenvalue weighted by molar-refractivity contribution is 7.11. The summed E-state index contributed by atoms with van der Waals surface area (Å²) in [5.41, 5.74) is 1.08. The van der Waals surface area contributed by atoms with Crippen LogP contribution in [0, 0.1) is 13.8 Å². The molecule has 2 aromatic heterocycles. The number of rotatable bonds is 3. The Hall–Kier alpha value is -1.13. The first-order valence-corrected chi connectivity index (χ1v) is 6.57. The van der Waals surface area contributed by atoms with Crippen molar-refractivity contribution >= 4 is 28.8 Å². The highest BCUT2D eigenvalue weighted by atomic mass is 35.5. The first kappa shape index (κ1) is 12.3. The van der Waals surface area contributed by atoms with Gasteiger partial charge in [-0.15, -0.1) is 11.3 Å². The van der Waals surface area contributed by atoms with Crippen LogP contribution in [-0.4, -0.2) is 9.97 Å². The zero-order valence-corrected chi connectivity index (χ0v) is 11.6. The number of nitrogens with zero attached hydrogens (tertiary/aromatic N) is 2. The van der Waals surface area contributed by atoms with Crippen molar-refractivity contribution in [3.63, 3.8) is 0 Å². The third-order valence-electron chi connectivity index (χ3n) is 2.42. The first-order chi connectivity index (χ1) is 8.06. The van der Waals surface area contributed by atoms with Crippen molar-refractivity contribution in [3.05, 3.63) is 38.9 Å². The van der Waals surface area contributed by atoms with Crippen LogP contribution in [0.5, 0.6) is 0 Å². The lowest BCUT2D eigenvalue weighted by Crippen LogP contribution is -2.07. The Morgan fingerprint density at radius 2 is 2.12 bits per heavy atom. The van der Waals surface area contributed by atoms with Gasteiger partial charge in [0.25, 0.3) is 0 Å². The maximum Gasteiger partial charge on any atom is 0.126 e. The number of anilines is 1. The minimum atomic E-state index is 0.204. The fraction of sp³-hybridized carbons (Fsp3) is 0.333. The van der Waals surface area contributed by atoms with Crippen LogP contribution in [0.25, 0.3) is 0 Å². The molecule has 2 heterocycles. The molecular weight excluding hydrogens is 254 g/mol. The Balaban J connectivity index is 2.14. The molecule has 17 heavy (non-hydrogen) atoms. The summed E-state index contributed by atoms with van der Waals surface area (Å²) in [6.45, 7) is 6.16. The normalized spacial score (nSPS) is 12.5. The lowest BCUT2D eigenvalue weighted by molar-refractivity contribution is 0.880. The van der Waals surface area contributed by atoms with Gasteiger partial charge >= 0.3 is 0 Å². The molecular formula is C12H14ClN3S. The van der Waals surface area contributed by atoms with Gasteiger partial charge in [0.1, 0.15) is 5.82 Å². The molecule has 0 amide bonds. The van der Waals surface area contributed by atoms with E-state index in [1.54, 1.807) is 17.5 Å². The maximum absolute atomic E-state index is 5.80. The molecule has 0 saturated carbocycles. The Bertz CT molecular complexity index is 507. The van der Waals surface area contributed by atoms with Gasteiger partial charge in [-0.2, -0.15) is 0 Å². The Morgan fingerprint density at radius 3 is 2.65 bits per heavy atom. The number of aryl methyl sites for hydroxylation is 2. The van der Waals surface area contributed by atoms with Gasteiger partial charge in [-0.3, -0.25) is 0 Å². The minimum Gasteiger partial charge on any atom is -0.363 e. The quantitative estimate of drug-likeness (QED) is 0.914.